The van der Waals surface area contributed by atoms with Crippen LogP contribution in [-0.4, -0.2) is 19.0 Å². The Balaban J connectivity index is 1.79. The Morgan fingerprint density at radius 2 is 1.95 bits per heavy atom. The van der Waals surface area contributed by atoms with Crippen molar-refractivity contribution >= 4 is 5.78 Å². The zero-order chi connectivity index (χ0) is 14.1. The molecule has 1 unspecified atom stereocenters. The van der Waals surface area contributed by atoms with E-state index in [2.05, 4.69) is 6.92 Å². The molecule has 1 aliphatic carbocycles. The largest absolute Gasteiger partial charge is 0.497 e. The zero-order valence-corrected chi connectivity index (χ0v) is 12.2. The fourth-order valence-electron chi connectivity index (χ4n) is 3.38. The van der Waals surface area contributed by atoms with E-state index in [-0.39, 0.29) is 11.9 Å². The molecule has 1 saturated carbocycles. The topological polar surface area (TPSA) is 35.5 Å². The summed E-state index contributed by atoms with van der Waals surface area (Å²) in [7, 11) is 1.63. The van der Waals surface area contributed by atoms with Crippen LogP contribution < -0.4 is 9.47 Å². The van der Waals surface area contributed by atoms with Gasteiger partial charge in [0.25, 0.3) is 0 Å². The van der Waals surface area contributed by atoms with Gasteiger partial charge in [-0.2, -0.15) is 0 Å². The molecule has 3 nitrogen and oxygen atoms in total. The number of hydrogen-bond acceptors (Lipinski definition) is 3. The molecule has 1 aromatic rings. The van der Waals surface area contributed by atoms with Crippen molar-refractivity contribution in [1.82, 2.24) is 0 Å². The summed E-state index contributed by atoms with van der Waals surface area (Å²) in [4.78, 5) is 12.3. The van der Waals surface area contributed by atoms with Gasteiger partial charge in [-0.15, -0.1) is 0 Å². The third-order valence-electron chi connectivity index (χ3n) is 4.74. The van der Waals surface area contributed by atoms with Gasteiger partial charge in [0.15, 0.2) is 5.78 Å². The van der Waals surface area contributed by atoms with Crippen molar-refractivity contribution in [3.05, 3.63) is 23.8 Å². The van der Waals surface area contributed by atoms with Crippen LogP contribution in [0.25, 0.3) is 0 Å². The first-order valence-corrected chi connectivity index (χ1v) is 7.55. The molecule has 1 fully saturated rings. The maximum atomic E-state index is 12.3. The zero-order valence-electron chi connectivity index (χ0n) is 12.2. The Kier molecular flexibility index (Phi) is 3.68. The maximum absolute atomic E-state index is 12.3. The lowest BCUT2D eigenvalue weighted by Gasteiger charge is -2.35. The summed E-state index contributed by atoms with van der Waals surface area (Å²) in [6.07, 6.45) is 5.44. The average Bonchev–Trinajstić information content (AvgIpc) is 2.47. The third-order valence-corrected chi connectivity index (χ3v) is 4.74. The Bertz CT molecular complexity index is 501. The predicted octanol–water partition coefficient (Wildman–Crippen LogP) is 3.86. The van der Waals surface area contributed by atoms with Crippen molar-refractivity contribution in [2.45, 2.75) is 45.1 Å². The van der Waals surface area contributed by atoms with Crippen molar-refractivity contribution in [3.8, 4) is 11.5 Å². The van der Waals surface area contributed by atoms with Crippen molar-refractivity contribution in [2.24, 2.45) is 11.8 Å². The highest BCUT2D eigenvalue weighted by Crippen LogP contribution is 2.38. The van der Waals surface area contributed by atoms with Crippen LogP contribution in [0.15, 0.2) is 18.2 Å². The smallest absolute Gasteiger partial charge is 0.170 e. The number of carbonyl (C=O) groups excluding carboxylic acids is 1. The minimum atomic E-state index is 0.0506. The molecule has 20 heavy (non-hydrogen) atoms. The van der Waals surface area contributed by atoms with Gasteiger partial charge in [0.2, 0.25) is 0 Å². The van der Waals surface area contributed by atoms with Crippen molar-refractivity contribution < 1.29 is 14.3 Å². The number of hydrogen-bond donors (Lipinski definition) is 0. The van der Waals surface area contributed by atoms with E-state index >= 15 is 0 Å². The first-order chi connectivity index (χ1) is 9.67. The van der Waals surface area contributed by atoms with E-state index in [1.807, 2.05) is 18.2 Å². The highest BCUT2D eigenvalue weighted by Gasteiger charge is 2.34. The van der Waals surface area contributed by atoms with Gasteiger partial charge in [0.05, 0.1) is 12.7 Å². The molecule has 1 heterocycles. The quantitative estimate of drug-likeness (QED) is 0.821. The van der Waals surface area contributed by atoms with E-state index in [1.165, 1.54) is 25.7 Å². The van der Waals surface area contributed by atoms with Gasteiger partial charge in [-0.1, -0.05) is 19.8 Å². The Morgan fingerprint density at radius 3 is 2.65 bits per heavy atom. The summed E-state index contributed by atoms with van der Waals surface area (Å²) >= 11 is 0. The minimum absolute atomic E-state index is 0.0506. The number of carbonyl (C=O) groups is 1. The monoisotopic (exact) mass is 274 g/mol. The molecular formula is C17H22O3. The van der Waals surface area contributed by atoms with Gasteiger partial charge >= 0.3 is 0 Å². The molecule has 108 valence electrons. The van der Waals surface area contributed by atoms with Crippen LogP contribution in [-0.2, 0) is 0 Å². The summed E-state index contributed by atoms with van der Waals surface area (Å²) in [5.74, 6) is 2.99. The van der Waals surface area contributed by atoms with Gasteiger partial charge in [-0.3, -0.25) is 4.79 Å². The van der Waals surface area contributed by atoms with Crippen LogP contribution in [0.4, 0.5) is 0 Å². The summed E-state index contributed by atoms with van der Waals surface area (Å²) < 4.78 is 11.3. The van der Waals surface area contributed by atoms with Gasteiger partial charge in [-0.05, 0) is 36.8 Å². The fraction of sp³-hybridized carbons (Fsp3) is 0.588. The molecule has 1 aromatic carbocycles. The van der Waals surface area contributed by atoms with Crippen LogP contribution in [0.5, 0.6) is 11.5 Å². The summed E-state index contributed by atoms with van der Waals surface area (Å²) in [5, 5.41) is 0. The van der Waals surface area contributed by atoms with Gasteiger partial charge < -0.3 is 9.47 Å². The molecular weight excluding hydrogens is 252 g/mol. The molecule has 0 bridgehead atoms. The fourth-order valence-corrected chi connectivity index (χ4v) is 3.38. The second-order valence-electron chi connectivity index (χ2n) is 6.17. The van der Waals surface area contributed by atoms with Crippen LogP contribution in [0.1, 0.15) is 49.4 Å². The van der Waals surface area contributed by atoms with E-state index < -0.39 is 0 Å². The molecule has 1 aliphatic heterocycles. The number of ketones is 1. The molecule has 0 radical (unpaired) electrons. The highest BCUT2D eigenvalue weighted by molar-refractivity contribution is 6.00. The molecule has 0 spiro atoms. The van der Waals surface area contributed by atoms with E-state index in [0.717, 1.165) is 11.7 Å². The van der Waals surface area contributed by atoms with E-state index in [9.17, 15) is 4.79 Å². The lowest BCUT2D eigenvalue weighted by molar-refractivity contribution is 0.0617. The lowest BCUT2D eigenvalue weighted by atomic mass is 9.78. The van der Waals surface area contributed by atoms with E-state index in [4.69, 9.17) is 9.47 Å². The predicted molar refractivity (Wildman–Crippen MR) is 77.5 cm³/mol. The van der Waals surface area contributed by atoms with Gasteiger partial charge in [-0.25, -0.2) is 0 Å². The van der Waals surface area contributed by atoms with E-state index in [0.29, 0.717) is 23.7 Å². The van der Waals surface area contributed by atoms with Crippen LogP contribution >= 0.6 is 0 Å². The second kappa shape index (κ2) is 5.47. The minimum Gasteiger partial charge on any atom is -0.497 e. The molecule has 0 amide bonds. The standard InChI is InChI=1S/C17H22O3/c1-11-3-5-12(6-4-11)16-10-15(18)14-8-7-13(19-2)9-17(14)20-16/h7-9,11-12,16H,3-6,10H2,1-2H3. The van der Waals surface area contributed by atoms with Gasteiger partial charge in [0.1, 0.15) is 17.6 Å². The highest BCUT2D eigenvalue weighted by atomic mass is 16.5. The first kappa shape index (κ1) is 13.5. The Hall–Kier alpha value is -1.51. The molecule has 2 aliphatic rings. The number of methoxy groups -OCH3 is 1. The SMILES string of the molecule is COc1ccc2c(c1)OC(C1CCC(C)CC1)CC2=O. The number of rotatable bonds is 2. The van der Waals surface area contributed by atoms with Crippen molar-refractivity contribution in [2.75, 3.05) is 7.11 Å². The molecule has 1 atom stereocenters. The molecule has 0 N–H and O–H groups in total. The lowest BCUT2D eigenvalue weighted by Crippen LogP contribution is -2.35. The number of ether oxygens (including phenoxy) is 2. The number of fused-ring (bicyclic) bond motifs is 1. The third kappa shape index (κ3) is 2.54. The molecule has 3 rings (SSSR count). The molecule has 0 aromatic heterocycles. The molecule has 0 saturated heterocycles. The number of benzene rings is 1. The second-order valence-corrected chi connectivity index (χ2v) is 6.17. The van der Waals surface area contributed by atoms with Crippen molar-refractivity contribution in [1.29, 1.82) is 0 Å². The Morgan fingerprint density at radius 1 is 1.20 bits per heavy atom. The van der Waals surface area contributed by atoms with Gasteiger partial charge in [0, 0.05) is 12.5 Å². The van der Waals surface area contributed by atoms with Crippen molar-refractivity contribution in [3.63, 3.8) is 0 Å². The van der Waals surface area contributed by atoms with E-state index in [1.54, 1.807) is 7.11 Å². The first-order valence-electron chi connectivity index (χ1n) is 7.55. The summed E-state index contributed by atoms with van der Waals surface area (Å²) in [5.41, 5.74) is 0.700. The summed E-state index contributed by atoms with van der Waals surface area (Å²) in [6.45, 7) is 2.31. The molecule has 3 heteroatoms. The van der Waals surface area contributed by atoms with Crippen LogP contribution in [0.2, 0.25) is 0 Å². The van der Waals surface area contributed by atoms with Crippen LogP contribution in [0, 0.1) is 11.8 Å². The average molecular weight is 274 g/mol. The maximum Gasteiger partial charge on any atom is 0.170 e. The normalized spacial score (nSPS) is 29.5. The van der Waals surface area contributed by atoms with Crippen LogP contribution in [0.3, 0.4) is 0 Å². The summed E-state index contributed by atoms with van der Waals surface area (Å²) in [6, 6.07) is 5.48. The Labute approximate surface area is 120 Å². The number of Topliss-reactive ketones (excluding diaryl/α,β-unsaturated/α-hetero) is 1.